The molecule has 168 valence electrons. The molecule has 1 fully saturated rings. The molecule has 1 amide bonds. The van der Waals surface area contributed by atoms with Gasteiger partial charge in [-0.25, -0.2) is 4.98 Å². The second-order valence-electron chi connectivity index (χ2n) is 7.77. The summed E-state index contributed by atoms with van der Waals surface area (Å²) in [5, 5.41) is 3.87. The zero-order valence-electron chi connectivity index (χ0n) is 17.8. The molecule has 0 radical (unpaired) electrons. The standard InChI is InChI=1S/C24H21ClN4O3S/c1-32-19-10-7-15(25)11-18(19)27-20(30)13-33-24-28-21-17(14-5-3-2-4-6-14)12-26-22(21)23(31)29(24)16-8-9-16/h2-7,10-12,16,26H,8-9,13H2,1H3,(H,27,30). The van der Waals surface area contributed by atoms with Crippen LogP contribution in [0.3, 0.4) is 0 Å². The molecule has 2 N–H and O–H groups in total. The Balaban J connectivity index is 1.45. The zero-order valence-corrected chi connectivity index (χ0v) is 19.4. The quantitative estimate of drug-likeness (QED) is 0.283. The molecule has 0 bridgehead atoms. The first-order valence-electron chi connectivity index (χ1n) is 10.5. The van der Waals surface area contributed by atoms with Crippen molar-refractivity contribution in [1.82, 2.24) is 14.5 Å². The summed E-state index contributed by atoms with van der Waals surface area (Å²) in [6, 6.07) is 15.0. The van der Waals surface area contributed by atoms with Crippen molar-refractivity contribution >= 4 is 46.0 Å². The highest BCUT2D eigenvalue weighted by Gasteiger charge is 2.30. The molecule has 9 heteroatoms. The van der Waals surface area contributed by atoms with Gasteiger partial charge in [-0.05, 0) is 36.6 Å². The number of thioether (sulfide) groups is 1. The number of aromatic nitrogens is 3. The van der Waals surface area contributed by atoms with Gasteiger partial charge in [-0.2, -0.15) is 0 Å². The van der Waals surface area contributed by atoms with Crippen molar-refractivity contribution in [1.29, 1.82) is 0 Å². The van der Waals surface area contributed by atoms with Crippen LogP contribution in [0.2, 0.25) is 5.02 Å². The Morgan fingerprint density at radius 1 is 1.27 bits per heavy atom. The number of H-pyrrole nitrogens is 1. The van der Waals surface area contributed by atoms with Gasteiger partial charge in [0.25, 0.3) is 5.56 Å². The lowest BCUT2D eigenvalue weighted by molar-refractivity contribution is -0.113. The van der Waals surface area contributed by atoms with Crippen LogP contribution in [0, 0.1) is 0 Å². The predicted molar refractivity (Wildman–Crippen MR) is 131 cm³/mol. The van der Waals surface area contributed by atoms with E-state index in [9.17, 15) is 9.59 Å². The summed E-state index contributed by atoms with van der Waals surface area (Å²) in [5.41, 5.74) is 3.32. The van der Waals surface area contributed by atoms with E-state index in [1.165, 1.54) is 18.9 Å². The molecule has 1 aliphatic carbocycles. The van der Waals surface area contributed by atoms with Crippen molar-refractivity contribution in [3.63, 3.8) is 0 Å². The minimum Gasteiger partial charge on any atom is -0.495 e. The lowest BCUT2D eigenvalue weighted by Gasteiger charge is -2.13. The average Bonchev–Trinajstić information content (AvgIpc) is 3.56. The van der Waals surface area contributed by atoms with Crippen LogP contribution in [0.1, 0.15) is 18.9 Å². The van der Waals surface area contributed by atoms with Crippen LogP contribution < -0.4 is 15.6 Å². The fourth-order valence-electron chi connectivity index (χ4n) is 3.74. The molecule has 7 nitrogen and oxygen atoms in total. The van der Waals surface area contributed by atoms with Crippen molar-refractivity contribution in [2.75, 3.05) is 18.2 Å². The van der Waals surface area contributed by atoms with E-state index in [1.54, 1.807) is 22.8 Å². The molecule has 0 spiro atoms. The van der Waals surface area contributed by atoms with Gasteiger partial charge in [-0.15, -0.1) is 0 Å². The van der Waals surface area contributed by atoms with E-state index in [2.05, 4.69) is 10.3 Å². The van der Waals surface area contributed by atoms with Crippen LogP contribution in [0.25, 0.3) is 22.2 Å². The van der Waals surface area contributed by atoms with Gasteiger partial charge in [0, 0.05) is 22.8 Å². The molecular formula is C24H21ClN4O3S. The number of fused-ring (bicyclic) bond motifs is 1. The summed E-state index contributed by atoms with van der Waals surface area (Å²) in [6.45, 7) is 0. The first-order valence-corrected chi connectivity index (χ1v) is 11.9. The molecule has 4 aromatic rings. The highest BCUT2D eigenvalue weighted by Crippen LogP contribution is 2.38. The number of hydrogen-bond donors (Lipinski definition) is 2. The average molecular weight is 481 g/mol. The molecule has 2 heterocycles. The summed E-state index contributed by atoms with van der Waals surface area (Å²) in [6.07, 6.45) is 3.68. The summed E-state index contributed by atoms with van der Waals surface area (Å²) in [4.78, 5) is 33.9. The molecule has 0 saturated heterocycles. The Labute approximate surface area is 199 Å². The van der Waals surface area contributed by atoms with E-state index >= 15 is 0 Å². The lowest BCUT2D eigenvalue weighted by Crippen LogP contribution is -2.23. The second-order valence-corrected chi connectivity index (χ2v) is 9.15. The maximum atomic E-state index is 13.3. The molecule has 1 aliphatic rings. The molecule has 0 atom stereocenters. The molecule has 0 aliphatic heterocycles. The maximum absolute atomic E-state index is 13.3. The van der Waals surface area contributed by atoms with Crippen LogP contribution >= 0.6 is 23.4 Å². The van der Waals surface area contributed by atoms with Crippen LogP contribution in [0.15, 0.2) is 64.7 Å². The van der Waals surface area contributed by atoms with E-state index in [0.717, 1.165) is 24.0 Å². The molecule has 5 rings (SSSR count). The Hall–Kier alpha value is -3.23. The molecule has 1 saturated carbocycles. The van der Waals surface area contributed by atoms with Crippen molar-refractivity contribution < 1.29 is 9.53 Å². The number of halogens is 1. The molecule has 33 heavy (non-hydrogen) atoms. The smallest absolute Gasteiger partial charge is 0.278 e. The van der Waals surface area contributed by atoms with Gasteiger partial charge >= 0.3 is 0 Å². The Bertz CT molecular complexity index is 1400. The van der Waals surface area contributed by atoms with Crippen LogP contribution in [0.5, 0.6) is 5.75 Å². The third kappa shape index (κ3) is 4.36. The summed E-state index contributed by atoms with van der Waals surface area (Å²) >= 11 is 7.31. The minimum atomic E-state index is -0.241. The summed E-state index contributed by atoms with van der Waals surface area (Å²) in [5.74, 6) is 0.368. The zero-order chi connectivity index (χ0) is 22.9. The van der Waals surface area contributed by atoms with Crippen molar-refractivity contribution in [3.05, 3.63) is 70.1 Å². The Kier molecular flexibility index (Phi) is 5.86. The number of aromatic amines is 1. The van der Waals surface area contributed by atoms with Gasteiger partial charge in [0.1, 0.15) is 16.8 Å². The van der Waals surface area contributed by atoms with E-state index in [1.807, 2.05) is 36.5 Å². The number of methoxy groups -OCH3 is 1. The SMILES string of the molecule is COc1ccc(Cl)cc1NC(=O)CSc1nc2c(-c3ccccc3)c[nH]c2c(=O)n1C1CC1. The number of benzene rings is 2. The maximum Gasteiger partial charge on any atom is 0.278 e. The van der Waals surface area contributed by atoms with Crippen molar-refractivity contribution in [2.24, 2.45) is 0 Å². The number of nitrogens with one attached hydrogen (secondary N) is 2. The van der Waals surface area contributed by atoms with Gasteiger partial charge in [0.2, 0.25) is 5.91 Å². The number of carbonyl (C=O) groups is 1. The normalized spacial score (nSPS) is 13.3. The Morgan fingerprint density at radius 3 is 2.79 bits per heavy atom. The van der Waals surface area contributed by atoms with E-state index < -0.39 is 0 Å². The largest absolute Gasteiger partial charge is 0.495 e. The third-order valence-electron chi connectivity index (χ3n) is 5.46. The topological polar surface area (TPSA) is 89.0 Å². The van der Waals surface area contributed by atoms with E-state index in [4.69, 9.17) is 21.3 Å². The van der Waals surface area contributed by atoms with Crippen LogP contribution in [-0.4, -0.2) is 33.3 Å². The van der Waals surface area contributed by atoms with Crippen LogP contribution in [0.4, 0.5) is 5.69 Å². The first-order chi connectivity index (χ1) is 16.0. The monoisotopic (exact) mass is 480 g/mol. The molecular weight excluding hydrogens is 460 g/mol. The predicted octanol–water partition coefficient (Wildman–Crippen LogP) is 5.12. The van der Waals surface area contributed by atoms with Crippen molar-refractivity contribution in [2.45, 2.75) is 24.0 Å². The molecule has 2 aromatic carbocycles. The Morgan fingerprint density at radius 2 is 2.06 bits per heavy atom. The van der Waals surface area contributed by atoms with Gasteiger partial charge < -0.3 is 15.0 Å². The van der Waals surface area contributed by atoms with Gasteiger partial charge in [0.15, 0.2) is 5.16 Å². The minimum absolute atomic E-state index is 0.0887. The van der Waals surface area contributed by atoms with Crippen LogP contribution in [-0.2, 0) is 4.79 Å². The van der Waals surface area contributed by atoms with Gasteiger partial charge in [-0.3, -0.25) is 14.2 Å². The number of carbonyl (C=O) groups excluding carboxylic acids is 1. The van der Waals surface area contributed by atoms with E-state index in [-0.39, 0.29) is 23.3 Å². The molecule has 0 unspecified atom stereocenters. The number of amides is 1. The van der Waals surface area contributed by atoms with Crippen molar-refractivity contribution in [3.8, 4) is 16.9 Å². The van der Waals surface area contributed by atoms with Gasteiger partial charge in [-0.1, -0.05) is 53.7 Å². The number of rotatable bonds is 7. The number of anilines is 1. The van der Waals surface area contributed by atoms with Gasteiger partial charge in [0.05, 0.1) is 18.6 Å². The fraction of sp³-hybridized carbons (Fsp3) is 0.208. The number of ether oxygens (including phenoxy) is 1. The summed E-state index contributed by atoms with van der Waals surface area (Å²) < 4.78 is 7.01. The highest BCUT2D eigenvalue weighted by atomic mass is 35.5. The fourth-order valence-corrected chi connectivity index (χ4v) is 4.77. The second kappa shape index (κ2) is 8.96. The number of hydrogen-bond acceptors (Lipinski definition) is 5. The first kappa shape index (κ1) is 21.6. The highest BCUT2D eigenvalue weighted by molar-refractivity contribution is 7.99. The third-order valence-corrected chi connectivity index (χ3v) is 6.65. The summed E-state index contributed by atoms with van der Waals surface area (Å²) in [7, 11) is 1.53. The number of nitrogens with zero attached hydrogens (tertiary/aromatic N) is 2. The molecule has 2 aromatic heterocycles. The lowest BCUT2D eigenvalue weighted by atomic mass is 10.1. The van der Waals surface area contributed by atoms with E-state index in [0.29, 0.717) is 32.6 Å².